The molecule has 4 heteroatoms. The summed E-state index contributed by atoms with van der Waals surface area (Å²) >= 11 is 0. The van der Waals surface area contributed by atoms with Crippen molar-refractivity contribution < 1.29 is 4.52 Å². The third-order valence-corrected chi connectivity index (χ3v) is 2.35. The Bertz CT molecular complexity index is 429. The predicted octanol–water partition coefficient (Wildman–Crippen LogP) is 2.96. The maximum absolute atomic E-state index is 5.99. The molecule has 2 N–H and O–H groups in total. The van der Waals surface area contributed by atoms with Crippen LogP contribution in [0.1, 0.15) is 19.4 Å². The van der Waals surface area contributed by atoms with Crippen LogP contribution in [0.25, 0.3) is 11.3 Å². The number of hydrogen-bond acceptors (Lipinski definition) is 3. The highest BCUT2D eigenvalue weighted by Crippen LogP contribution is 2.22. The van der Waals surface area contributed by atoms with Gasteiger partial charge in [-0.3, -0.25) is 0 Å². The fourth-order valence-corrected chi connectivity index (χ4v) is 1.43. The van der Waals surface area contributed by atoms with Gasteiger partial charge in [-0.2, -0.15) is 0 Å². The molecule has 0 aliphatic carbocycles. The lowest BCUT2D eigenvalue weighted by Gasteiger charge is -2.18. The molecule has 3 nitrogen and oxygen atoms in total. The summed E-state index contributed by atoms with van der Waals surface area (Å²) in [6.45, 7) is 3.97. The minimum Gasteiger partial charge on any atom is -0.356 e. The molecule has 0 atom stereocenters. The average molecular weight is 239 g/mol. The third kappa shape index (κ3) is 2.62. The van der Waals surface area contributed by atoms with Gasteiger partial charge in [0.25, 0.3) is 0 Å². The van der Waals surface area contributed by atoms with E-state index in [9.17, 15) is 0 Å². The van der Waals surface area contributed by atoms with Crippen molar-refractivity contribution in [2.45, 2.75) is 19.4 Å². The molecule has 0 spiro atoms. The van der Waals surface area contributed by atoms with E-state index in [-0.39, 0.29) is 17.9 Å². The topological polar surface area (TPSA) is 52.0 Å². The number of hydrogen-bond donors (Lipinski definition) is 1. The predicted molar refractivity (Wildman–Crippen MR) is 66.4 cm³/mol. The molecule has 86 valence electrons. The molecule has 0 unspecified atom stereocenters. The molecule has 0 saturated heterocycles. The van der Waals surface area contributed by atoms with Gasteiger partial charge in [-0.15, -0.1) is 12.4 Å². The zero-order chi connectivity index (χ0) is 10.9. The van der Waals surface area contributed by atoms with Gasteiger partial charge in [-0.1, -0.05) is 29.4 Å². The van der Waals surface area contributed by atoms with Gasteiger partial charge in [0.05, 0.1) is 6.20 Å². The first-order chi connectivity index (χ1) is 7.07. The zero-order valence-corrected chi connectivity index (χ0v) is 10.1. The lowest BCUT2D eigenvalue weighted by atomic mass is 9.94. The molecule has 1 heterocycles. The van der Waals surface area contributed by atoms with Gasteiger partial charge in [0.15, 0.2) is 5.76 Å². The van der Waals surface area contributed by atoms with Crippen LogP contribution < -0.4 is 5.73 Å². The van der Waals surface area contributed by atoms with Gasteiger partial charge in [0, 0.05) is 17.2 Å². The lowest BCUT2D eigenvalue weighted by molar-refractivity contribution is 0.432. The van der Waals surface area contributed by atoms with Crippen LogP contribution in [-0.2, 0) is 5.54 Å². The van der Waals surface area contributed by atoms with Gasteiger partial charge in [-0.25, -0.2) is 0 Å². The number of nitrogens with two attached hydrogens (primary N) is 1. The van der Waals surface area contributed by atoms with Crippen LogP contribution in [0, 0.1) is 0 Å². The summed E-state index contributed by atoms with van der Waals surface area (Å²) in [5, 5.41) is 3.67. The van der Waals surface area contributed by atoms with E-state index in [0.29, 0.717) is 0 Å². The van der Waals surface area contributed by atoms with Gasteiger partial charge in [0.2, 0.25) is 0 Å². The molecule has 0 aliphatic rings. The Balaban J connectivity index is 0.00000128. The summed E-state index contributed by atoms with van der Waals surface area (Å²) in [7, 11) is 0. The fourth-order valence-electron chi connectivity index (χ4n) is 1.43. The molecule has 0 amide bonds. The van der Waals surface area contributed by atoms with Gasteiger partial charge in [0.1, 0.15) is 0 Å². The number of rotatable bonds is 2. The summed E-state index contributed by atoms with van der Waals surface area (Å²) < 4.78 is 5.06. The summed E-state index contributed by atoms with van der Waals surface area (Å²) in [4.78, 5) is 0. The van der Waals surface area contributed by atoms with Crippen molar-refractivity contribution in [3.8, 4) is 11.3 Å². The monoisotopic (exact) mass is 238 g/mol. The molecule has 1 aromatic carbocycles. The first-order valence-corrected chi connectivity index (χ1v) is 4.88. The highest BCUT2D eigenvalue weighted by Gasteiger charge is 2.13. The summed E-state index contributed by atoms with van der Waals surface area (Å²) in [6, 6.07) is 9.84. The van der Waals surface area contributed by atoms with Crippen LogP contribution in [0.4, 0.5) is 0 Å². The van der Waals surface area contributed by atoms with Crippen LogP contribution in [0.5, 0.6) is 0 Å². The molecule has 0 saturated carbocycles. The Morgan fingerprint density at radius 2 is 1.75 bits per heavy atom. The molecule has 16 heavy (non-hydrogen) atoms. The SMILES string of the molecule is CC(C)(N)c1ccc(-c2ccno2)cc1.Cl. The highest BCUT2D eigenvalue weighted by molar-refractivity contribution is 5.85. The second-order valence-corrected chi connectivity index (χ2v) is 4.18. The Morgan fingerprint density at radius 1 is 1.12 bits per heavy atom. The maximum atomic E-state index is 5.99. The quantitative estimate of drug-likeness (QED) is 0.875. The summed E-state index contributed by atoms with van der Waals surface area (Å²) in [6.07, 6.45) is 1.64. The van der Waals surface area contributed by atoms with Crippen LogP contribution in [0.15, 0.2) is 41.1 Å². The Hall–Kier alpha value is -1.32. The van der Waals surface area contributed by atoms with Crippen LogP contribution in [-0.4, -0.2) is 5.16 Å². The van der Waals surface area contributed by atoms with E-state index >= 15 is 0 Å². The fraction of sp³-hybridized carbons (Fsp3) is 0.250. The van der Waals surface area contributed by atoms with Crippen molar-refractivity contribution in [3.05, 3.63) is 42.1 Å². The van der Waals surface area contributed by atoms with Crippen molar-refractivity contribution in [2.75, 3.05) is 0 Å². The van der Waals surface area contributed by atoms with Crippen molar-refractivity contribution in [1.29, 1.82) is 0 Å². The standard InChI is InChI=1S/C12H14N2O.ClH/c1-12(2,13)10-5-3-9(4-6-10)11-7-8-14-15-11;/h3-8H,13H2,1-2H3;1H. The molecular formula is C12H15ClN2O. The Morgan fingerprint density at radius 3 is 2.19 bits per heavy atom. The average Bonchev–Trinajstić information content (AvgIpc) is 2.69. The molecule has 2 aromatic rings. The van der Waals surface area contributed by atoms with E-state index in [0.717, 1.165) is 16.9 Å². The first kappa shape index (κ1) is 12.7. The van der Waals surface area contributed by atoms with Gasteiger partial charge < -0.3 is 10.3 Å². The normalized spacial score (nSPS) is 10.9. The van der Waals surface area contributed by atoms with E-state index < -0.39 is 0 Å². The zero-order valence-electron chi connectivity index (χ0n) is 9.31. The van der Waals surface area contributed by atoms with E-state index in [1.54, 1.807) is 6.20 Å². The second kappa shape index (κ2) is 4.68. The van der Waals surface area contributed by atoms with Crippen LogP contribution in [0.2, 0.25) is 0 Å². The molecule has 1 aromatic heterocycles. The number of benzene rings is 1. The minimum absolute atomic E-state index is 0. The van der Waals surface area contributed by atoms with Crippen molar-refractivity contribution >= 4 is 12.4 Å². The van der Waals surface area contributed by atoms with Crippen LogP contribution in [0.3, 0.4) is 0 Å². The van der Waals surface area contributed by atoms with Crippen molar-refractivity contribution in [1.82, 2.24) is 5.16 Å². The van der Waals surface area contributed by atoms with Gasteiger partial charge in [-0.05, 0) is 19.4 Å². The molecule has 0 fully saturated rings. The summed E-state index contributed by atoms with van der Waals surface area (Å²) in [5.41, 5.74) is 7.80. The lowest BCUT2D eigenvalue weighted by Crippen LogP contribution is -2.28. The van der Waals surface area contributed by atoms with Crippen LogP contribution >= 0.6 is 12.4 Å². The Kier molecular flexibility index (Phi) is 3.73. The largest absolute Gasteiger partial charge is 0.356 e. The first-order valence-electron chi connectivity index (χ1n) is 4.88. The smallest absolute Gasteiger partial charge is 0.166 e. The van der Waals surface area contributed by atoms with E-state index in [4.69, 9.17) is 10.3 Å². The Labute approximate surface area is 101 Å². The van der Waals surface area contributed by atoms with Crippen molar-refractivity contribution in [2.24, 2.45) is 5.73 Å². The van der Waals surface area contributed by atoms with E-state index in [2.05, 4.69) is 5.16 Å². The van der Waals surface area contributed by atoms with Crippen molar-refractivity contribution in [3.63, 3.8) is 0 Å². The van der Waals surface area contributed by atoms with E-state index in [1.165, 1.54) is 0 Å². The summed E-state index contributed by atoms with van der Waals surface area (Å²) in [5.74, 6) is 0.774. The third-order valence-electron chi connectivity index (χ3n) is 2.35. The number of nitrogens with zero attached hydrogens (tertiary/aromatic N) is 1. The molecule has 0 radical (unpaired) electrons. The molecule has 0 aliphatic heterocycles. The van der Waals surface area contributed by atoms with Gasteiger partial charge >= 0.3 is 0 Å². The maximum Gasteiger partial charge on any atom is 0.166 e. The molecular weight excluding hydrogens is 224 g/mol. The number of aromatic nitrogens is 1. The number of halogens is 1. The molecule has 2 rings (SSSR count). The minimum atomic E-state index is -0.306. The second-order valence-electron chi connectivity index (χ2n) is 4.18. The van der Waals surface area contributed by atoms with E-state index in [1.807, 2.05) is 44.2 Å². The molecule has 0 bridgehead atoms. The highest BCUT2D eigenvalue weighted by atomic mass is 35.5.